The van der Waals surface area contributed by atoms with Gasteiger partial charge in [0.15, 0.2) is 0 Å². The van der Waals surface area contributed by atoms with E-state index in [0.717, 1.165) is 24.6 Å². The van der Waals surface area contributed by atoms with Gasteiger partial charge in [0.2, 0.25) is 0 Å². The number of phenols is 1. The van der Waals surface area contributed by atoms with E-state index in [4.69, 9.17) is 11.6 Å². The Bertz CT molecular complexity index is 463. The molecule has 1 N–H and O–H groups in total. The Morgan fingerprint density at radius 2 is 2.21 bits per heavy atom. The van der Waals surface area contributed by atoms with Crippen molar-refractivity contribution in [2.75, 3.05) is 11.9 Å². The fourth-order valence-corrected chi connectivity index (χ4v) is 2.64. The van der Waals surface area contributed by atoms with Gasteiger partial charge >= 0.3 is 0 Å². The molecule has 0 saturated heterocycles. The minimum Gasteiger partial charge on any atom is -0.507 e. The number of phenolic OH excluding ortho intramolecular Hbond substituents is 1. The highest BCUT2D eigenvalue weighted by atomic mass is 79.9. The molecule has 1 aromatic rings. The first-order chi connectivity index (χ1) is 9.13. The number of hydrogen-bond donors (Lipinski definition) is 1. The Balaban J connectivity index is 2.19. The van der Waals surface area contributed by atoms with E-state index in [9.17, 15) is 9.90 Å². The lowest BCUT2D eigenvalue weighted by Crippen LogP contribution is -2.44. The smallest absolute Gasteiger partial charge is 0.257 e. The van der Waals surface area contributed by atoms with Crippen molar-refractivity contribution in [2.45, 2.75) is 31.7 Å². The summed E-state index contributed by atoms with van der Waals surface area (Å²) in [4.78, 5) is 14.4. The molecule has 3 nitrogen and oxygen atoms in total. The van der Waals surface area contributed by atoms with Crippen molar-refractivity contribution in [1.29, 1.82) is 0 Å². The van der Waals surface area contributed by atoms with Crippen molar-refractivity contribution in [3.63, 3.8) is 0 Å². The van der Waals surface area contributed by atoms with E-state index in [-0.39, 0.29) is 11.7 Å². The van der Waals surface area contributed by atoms with E-state index >= 15 is 0 Å². The lowest BCUT2D eigenvalue weighted by Gasteiger charge is -2.37. The van der Waals surface area contributed by atoms with Crippen molar-refractivity contribution < 1.29 is 9.90 Å². The Kier molecular flexibility index (Phi) is 5.11. The standard InChI is InChI=1S/C14H17BrClNO2/c15-7-2-8-17(11-3-1-4-11)14(19)12-9-10(16)5-6-13(12)18/h5-6,9,11,18H,1-4,7-8H2. The van der Waals surface area contributed by atoms with Crippen molar-refractivity contribution in [2.24, 2.45) is 0 Å². The Labute approximate surface area is 126 Å². The Hall–Kier alpha value is -0.740. The van der Waals surface area contributed by atoms with Crippen LogP contribution < -0.4 is 0 Å². The maximum atomic E-state index is 12.5. The van der Waals surface area contributed by atoms with Crippen molar-refractivity contribution in [3.8, 4) is 5.75 Å². The monoisotopic (exact) mass is 345 g/mol. The zero-order valence-corrected chi connectivity index (χ0v) is 13.0. The van der Waals surface area contributed by atoms with Gasteiger partial charge in [-0.15, -0.1) is 0 Å². The molecule has 1 saturated carbocycles. The molecule has 1 aliphatic rings. The van der Waals surface area contributed by atoms with Gasteiger partial charge in [0.1, 0.15) is 5.75 Å². The lowest BCUT2D eigenvalue weighted by atomic mass is 9.90. The molecule has 2 rings (SSSR count). The average molecular weight is 347 g/mol. The summed E-state index contributed by atoms with van der Waals surface area (Å²) in [6.45, 7) is 0.709. The van der Waals surface area contributed by atoms with E-state index in [1.54, 1.807) is 12.1 Å². The third-order valence-corrected chi connectivity index (χ3v) is 4.29. The van der Waals surface area contributed by atoms with Gasteiger partial charge in [-0.1, -0.05) is 27.5 Å². The molecule has 0 atom stereocenters. The lowest BCUT2D eigenvalue weighted by molar-refractivity contribution is 0.0578. The van der Waals surface area contributed by atoms with Gasteiger partial charge in [-0.3, -0.25) is 4.79 Å². The number of carbonyl (C=O) groups excluding carboxylic acids is 1. The van der Waals surface area contributed by atoms with E-state index < -0.39 is 0 Å². The molecular weight excluding hydrogens is 330 g/mol. The van der Waals surface area contributed by atoms with E-state index in [2.05, 4.69) is 15.9 Å². The fourth-order valence-electron chi connectivity index (χ4n) is 2.21. The number of amides is 1. The zero-order valence-electron chi connectivity index (χ0n) is 10.6. The van der Waals surface area contributed by atoms with Crippen LogP contribution in [0.15, 0.2) is 18.2 Å². The third kappa shape index (κ3) is 3.42. The third-order valence-electron chi connectivity index (χ3n) is 3.50. The van der Waals surface area contributed by atoms with Crippen LogP contribution in [0, 0.1) is 0 Å². The van der Waals surface area contributed by atoms with Gasteiger partial charge in [0, 0.05) is 22.9 Å². The Morgan fingerprint density at radius 3 is 2.79 bits per heavy atom. The van der Waals surface area contributed by atoms with Crippen molar-refractivity contribution in [1.82, 2.24) is 4.90 Å². The molecule has 0 aliphatic heterocycles. The minimum atomic E-state index is -0.120. The number of aromatic hydroxyl groups is 1. The first kappa shape index (κ1) is 14.7. The van der Waals surface area contributed by atoms with E-state index in [1.807, 2.05) is 4.90 Å². The molecule has 0 aromatic heterocycles. The number of alkyl halides is 1. The molecule has 0 bridgehead atoms. The molecule has 5 heteroatoms. The average Bonchev–Trinajstić information content (AvgIpc) is 2.34. The van der Waals surface area contributed by atoms with Crippen LogP contribution in [0.2, 0.25) is 5.02 Å². The second-order valence-corrected chi connectivity index (χ2v) is 6.02. The summed E-state index contributed by atoms with van der Waals surface area (Å²) in [7, 11) is 0. The summed E-state index contributed by atoms with van der Waals surface area (Å²) in [5, 5.41) is 11.2. The van der Waals surface area contributed by atoms with Crippen LogP contribution in [0.3, 0.4) is 0 Å². The van der Waals surface area contributed by atoms with Crippen LogP contribution in [-0.4, -0.2) is 33.8 Å². The van der Waals surface area contributed by atoms with Gasteiger partial charge in [-0.2, -0.15) is 0 Å². The van der Waals surface area contributed by atoms with Crippen LogP contribution in [0.25, 0.3) is 0 Å². The molecule has 0 heterocycles. The van der Waals surface area contributed by atoms with Gasteiger partial charge in [0.05, 0.1) is 5.56 Å². The highest BCUT2D eigenvalue weighted by Gasteiger charge is 2.30. The van der Waals surface area contributed by atoms with Crippen molar-refractivity contribution in [3.05, 3.63) is 28.8 Å². The maximum absolute atomic E-state index is 12.5. The molecule has 1 amide bonds. The second kappa shape index (κ2) is 6.62. The predicted molar refractivity (Wildman–Crippen MR) is 80.2 cm³/mol. The molecular formula is C14H17BrClNO2. The molecule has 1 aromatic carbocycles. The van der Waals surface area contributed by atoms with Gasteiger partial charge < -0.3 is 10.0 Å². The molecule has 0 unspecified atom stereocenters. The van der Waals surface area contributed by atoms with Gasteiger partial charge in [-0.25, -0.2) is 0 Å². The summed E-state index contributed by atoms with van der Waals surface area (Å²) in [5.41, 5.74) is 0.300. The number of carbonyl (C=O) groups is 1. The van der Waals surface area contributed by atoms with Crippen LogP contribution >= 0.6 is 27.5 Å². The van der Waals surface area contributed by atoms with Crippen LogP contribution in [0.1, 0.15) is 36.0 Å². The zero-order chi connectivity index (χ0) is 13.8. The van der Waals surface area contributed by atoms with Crippen LogP contribution in [0.5, 0.6) is 5.75 Å². The van der Waals surface area contributed by atoms with Gasteiger partial charge in [0.25, 0.3) is 5.91 Å². The molecule has 1 aliphatic carbocycles. The highest BCUT2D eigenvalue weighted by Crippen LogP contribution is 2.29. The summed E-state index contributed by atoms with van der Waals surface area (Å²) in [6, 6.07) is 4.91. The number of rotatable bonds is 5. The first-order valence-corrected chi connectivity index (χ1v) is 7.99. The first-order valence-electron chi connectivity index (χ1n) is 6.49. The maximum Gasteiger partial charge on any atom is 0.257 e. The Morgan fingerprint density at radius 1 is 1.47 bits per heavy atom. The van der Waals surface area contributed by atoms with Crippen LogP contribution in [-0.2, 0) is 0 Å². The normalized spacial score (nSPS) is 15.1. The van der Waals surface area contributed by atoms with E-state index in [0.29, 0.717) is 23.2 Å². The molecule has 19 heavy (non-hydrogen) atoms. The fraction of sp³-hybridized carbons (Fsp3) is 0.500. The summed E-state index contributed by atoms with van der Waals surface area (Å²) >= 11 is 9.30. The molecule has 0 spiro atoms. The summed E-state index contributed by atoms with van der Waals surface area (Å²) in [5.74, 6) is -0.122. The molecule has 104 valence electrons. The highest BCUT2D eigenvalue weighted by molar-refractivity contribution is 9.09. The SMILES string of the molecule is O=C(c1cc(Cl)ccc1O)N(CCCBr)C1CCC1. The minimum absolute atomic E-state index is 0.00225. The molecule has 0 radical (unpaired) electrons. The number of nitrogens with zero attached hydrogens (tertiary/aromatic N) is 1. The summed E-state index contributed by atoms with van der Waals surface area (Å²) in [6.07, 6.45) is 4.18. The molecule has 1 fully saturated rings. The number of halogens is 2. The van der Waals surface area contributed by atoms with E-state index in [1.165, 1.54) is 12.5 Å². The summed E-state index contributed by atoms with van der Waals surface area (Å²) < 4.78 is 0. The number of benzene rings is 1. The van der Waals surface area contributed by atoms with Crippen molar-refractivity contribution >= 4 is 33.4 Å². The predicted octanol–water partition coefficient (Wildman–Crippen LogP) is 3.83. The van der Waals surface area contributed by atoms with Crippen LogP contribution in [0.4, 0.5) is 0 Å². The number of hydrogen-bond acceptors (Lipinski definition) is 2. The largest absolute Gasteiger partial charge is 0.507 e. The second-order valence-electron chi connectivity index (χ2n) is 4.79. The van der Waals surface area contributed by atoms with Gasteiger partial charge in [-0.05, 0) is 43.9 Å². The quantitative estimate of drug-likeness (QED) is 0.823. The topological polar surface area (TPSA) is 40.5 Å².